The molecule has 0 N–H and O–H groups in total. The lowest BCUT2D eigenvalue weighted by atomic mass is 10.3. The molecule has 2 heterocycles. The van der Waals surface area contributed by atoms with E-state index in [1.165, 1.54) is 16.7 Å². The Balaban J connectivity index is 2.11. The first-order chi connectivity index (χ1) is 10.7. The number of hydrogen-bond acceptors (Lipinski definition) is 0. The first kappa shape index (κ1) is 14.3. The monoisotopic (exact) mass is 294 g/mol. The third-order valence-corrected chi connectivity index (χ3v) is 3.97. The number of para-hydroxylation sites is 2. The second-order valence-electron chi connectivity index (χ2n) is 5.50. The van der Waals surface area contributed by atoms with E-state index in [1.54, 1.807) is 0 Å². The summed E-state index contributed by atoms with van der Waals surface area (Å²) in [7, 11) is 4.13. The highest BCUT2D eigenvalue weighted by Crippen LogP contribution is 2.14. The van der Waals surface area contributed by atoms with Gasteiger partial charge in [-0.25, -0.2) is 9.13 Å². The van der Waals surface area contributed by atoms with Gasteiger partial charge in [0.15, 0.2) is 22.4 Å². The minimum absolute atomic E-state index is 0.767. The summed E-state index contributed by atoms with van der Waals surface area (Å²) in [4.78, 5) is 0. The molecule has 0 bridgehead atoms. The van der Waals surface area contributed by atoms with Gasteiger partial charge in [-0.1, -0.05) is 24.8 Å². The number of nitrogens with zero attached hydrogens (tertiary/aromatic N) is 4. The summed E-state index contributed by atoms with van der Waals surface area (Å²) in [5, 5.41) is 0. The Bertz CT molecular complexity index is 865. The zero-order chi connectivity index (χ0) is 15.7. The molecular formula is C18H22N4+2. The van der Waals surface area contributed by atoms with Crippen LogP contribution in [0.4, 0.5) is 0 Å². The first-order valence-electron chi connectivity index (χ1n) is 7.43. The van der Waals surface area contributed by atoms with Crippen molar-refractivity contribution in [2.75, 3.05) is 0 Å². The van der Waals surface area contributed by atoms with Gasteiger partial charge in [0, 0.05) is 0 Å². The number of hydrogen-bond donors (Lipinski definition) is 0. The van der Waals surface area contributed by atoms with Crippen molar-refractivity contribution >= 4 is 23.2 Å². The van der Waals surface area contributed by atoms with Crippen molar-refractivity contribution in [1.82, 2.24) is 9.13 Å². The van der Waals surface area contributed by atoms with Crippen LogP contribution in [0.1, 0.15) is 18.3 Å². The molecule has 0 radical (unpaired) electrons. The van der Waals surface area contributed by atoms with Gasteiger partial charge in [-0.3, -0.25) is 0 Å². The number of allylic oxidation sites excluding steroid dienone is 1. The summed E-state index contributed by atoms with van der Waals surface area (Å²) in [6.07, 6.45) is 10.3. The molecule has 3 rings (SSSR count). The molecule has 0 aliphatic heterocycles. The van der Waals surface area contributed by atoms with E-state index in [1.807, 2.05) is 20.0 Å². The molecule has 0 atom stereocenters. The van der Waals surface area contributed by atoms with Crippen molar-refractivity contribution in [2.45, 2.75) is 13.6 Å². The lowest BCUT2D eigenvalue weighted by Crippen LogP contribution is -2.28. The molecule has 3 aromatic rings. The molecule has 22 heavy (non-hydrogen) atoms. The van der Waals surface area contributed by atoms with Gasteiger partial charge in [0.05, 0.1) is 14.1 Å². The standard InChI is InChI=1S/C18H22N4/c1-5-9-17-15(6-2)19(3)12-21(17)14-22-13-20(4)16-10-7-8-11-18(16)22/h5-13H,2,14H2,1,3-4H3/q+2/b9-5-. The molecule has 0 spiro atoms. The molecule has 1 aromatic carbocycles. The van der Waals surface area contributed by atoms with Crippen molar-refractivity contribution in [3.8, 4) is 0 Å². The molecule has 0 saturated heterocycles. The van der Waals surface area contributed by atoms with E-state index in [2.05, 4.69) is 81.0 Å². The SMILES string of the molecule is C=Cc1c(/C=C\C)n(Cn2c[n+](C)c3ccccc32)c[n+]1C. The van der Waals surface area contributed by atoms with E-state index in [4.69, 9.17) is 0 Å². The Morgan fingerprint density at radius 2 is 1.82 bits per heavy atom. The van der Waals surface area contributed by atoms with Crippen molar-refractivity contribution in [2.24, 2.45) is 14.1 Å². The second kappa shape index (κ2) is 5.64. The Hall–Kier alpha value is -2.62. The molecule has 112 valence electrons. The van der Waals surface area contributed by atoms with Crippen LogP contribution in [0, 0.1) is 0 Å². The molecule has 4 nitrogen and oxygen atoms in total. The largest absolute Gasteiger partial charge is 0.247 e. The third-order valence-electron chi connectivity index (χ3n) is 3.97. The number of aromatic nitrogens is 4. The highest BCUT2D eigenvalue weighted by Gasteiger charge is 2.20. The third kappa shape index (κ3) is 2.26. The van der Waals surface area contributed by atoms with Crippen molar-refractivity contribution in [3.63, 3.8) is 0 Å². The second-order valence-corrected chi connectivity index (χ2v) is 5.50. The van der Waals surface area contributed by atoms with Crippen LogP contribution < -0.4 is 9.13 Å². The van der Waals surface area contributed by atoms with Gasteiger partial charge in [0.1, 0.15) is 0 Å². The van der Waals surface area contributed by atoms with Gasteiger partial charge in [-0.15, -0.1) is 0 Å². The van der Waals surface area contributed by atoms with Gasteiger partial charge in [-0.05, 0) is 31.2 Å². The molecule has 0 unspecified atom stereocenters. The Morgan fingerprint density at radius 1 is 1.09 bits per heavy atom. The fraction of sp³-hybridized carbons (Fsp3) is 0.222. The maximum Gasteiger partial charge on any atom is 0.247 e. The van der Waals surface area contributed by atoms with Crippen LogP contribution >= 0.6 is 0 Å². The minimum atomic E-state index is 0.767. The average Bonchev–Trinajstić information content (AvgIpc) is 2.98. The quantitative estimate of drug-likeness (QED) is 0.657. The zero-order valence-corrected chi connectivity index (χ0v) is 13.4. The van der Waals surface area contributed by atoms with Crippen LogP contribution in [0.2, 0.25) is 0 Å². The van der Waals surface area contributed by atoms with Gasteiger partial charge in [0.25, 0.3) is 0 Å². The van der Waals surface area contributed by atoms with Crippen LogP contribution in [-0.2, 0) is 20.8 Å². The fourth-order valence-corrected chi connectivity index (χ4v) is 2.98. The van der Waals surface area contributed by atoms with Crippen LogP contribution in [0.3, 0.4) is 0 Å². The summed E-state index contributed by atoms with van der Waals surface area (Å²) < 4.78 is 8.76. The molecule has 4 heteroatoms. The van der Waals surface area contributed by atoms with Gasteiger partial charge in [0.2, 0.25) is 19.3 Å². The van der Waals surface area contributed by atoms with E-state index in [0.717, 1.165) is 12.4 Å². The maximum atomic E-state index is 3.93. The lowest BCUT2D eigenvalue weighted by molar-refractivity contribution is -0.672. The number of benzene rings is 1. The Labute approximate surface area is 130 Å². The van der Waals surface area contributed by atoms with Gasteiger partial charge < -0.3 is 0 Å². The van der Waals surface area contributed by atoms with E-state index in [-0.39, 0.29) is 0 Å². The van der Waals surface area contributed by atoms with Gasteiger partial charge in [-0.2, -0.15) is 9.13 Å². The molecule has 2 aromatic heterocycles. The highest BCUT2D eigenvalue weighted by atomic mass is 15.2. The molecule has 0 fully saturated rings. The smallest absolute Gasteiger partial charge is 0.233 e. The fourth-order valence-electron chi connectivity index (χ4n) is 2.98. The predicted octanol–water partition coefficient (Wildman–Crippen LogP) is 2.27. The molecule has 0 saturated carbocycles. The summed E-state index contributed by atoms with van der Waals surface area (Å²) in [5.74, 6) is 0. The van der Waals surface area contributed by atoms with E-state index in [9.17, 15) is 0 Å². The maximum absolute atomic E-state index is 3.93. The molecule has 0 aliphatic carbocycles. The molecular weight excluding hydrogens is 272 g/mol. The van der Waals surface area contributed by atoms with Crippen LogP contribution in [0.5, 0.6) is 0 Å². The van der Waals surface area contributed by atoms with E-state index < -0.39 is 0 Å². The number of rotatable bonds is 4. The minimum Gasteiger partial charge on any atom is -0.233 e. The van der Waals surface area contributed by atoms with Gasteiger partial charge >= 0.3 is 0 Å². The molecule has 0 amide bonds. The van der Waals surface area contributed by atoms with Crippen molar-refractivity contribution < 1.29 is 9.13 Å². The number of aryl methyl sites for hydroxylation is 2. The van der Waals surface area contributed by atoms with Crippen LogP contribution in [0.25, 0.3) is 23.2 Å². The first-order valence-corrected chi connectivity index (χ1v) is 7.43. The lowest BCUT2D eigenvalue weighted by Gasteiger charge is -1.97. The summed E-state index contributed by atoms with van der Waals surface area (Å²) in [6, 6.07) is 8.45. The van der Waals surface area contributed by atoms with E-state index in [0.29, 0.717) is 0 Å². The number of imidazole rings is 2. The zero-order valence-electron chi connectivity index (χ0n) is 13.4. The summed E-state index contributed by atoms with van der Waals surface area (Å²) >= 11 is 0. The van der Waals surface area contributed by atoms with Crippen LogP contribution in [0.15, 0.2) is 49.6 Å². The normalized spacial score (nSPS) is 11.6. The number of fused-ring (bicyclic) bond motifs is 1. The molecule has 0 aliphatic rings. The van der Waals surface area contributed by atoms with Crippen molar-refractivity contribution in [1.29, 1.82) is 0 Å². The van der Waals surface area contributed by atoms with Crippen molar-refractivity contribution in [3.05, 3.63) is 61.0 Å². The average molecular weight is 294 g/mol. The van der Waals surface area contributed by atoms with Crippen LogP contribution in [-0.4, -0.2) is 9.13 Å². The summed E-state index contributed by atoms with van der Waals surface area (Å²) in [6.45, 7) is 6.73. The Kier molecular flexibility index (Phi) is 3.67. The highest BCUT2D eigenvalue weighted by molar-refractivity contribution is 5.71. The Morgan fingerprint density at radius 3 is 2.55 bits per heavy atom. The summed E-state index contributed by atoms with van der Waals surface area (Å²) in [5.41, 5.74) is 4.75. The topological polar surface area (TPSA) is 17.6 Å². The van der Waals surface area contributed by atoms with E-state index >= 15 is 0 Å². The predicted molar refractivity (Wildman–Crippen MR) is 88.9 cm³/mol.